The monoisotopic (exact) mass is 455 g/mol. The Morgan fingerprint density at radius 3 is 2.65 bits per heavy atom. The van der Waals surface area contributed by atoms with Gasteiger partial charge in [0.15, 0.2) is 0 Å². The summed E-state index contributed by atoms with van der Waals surface area (Å²) in [5.41, 5.74) is 3.21. The molecule has 160 valence electrons. The van der Waals surface area contributed by atoms with Gasteiger partial charge >= 0.3 is 0 Å². The fraction of sp³-hybridized carbons (Fsp3) is 0.217. The van der Waals surface area contributed by atoms with Gasteiger partial charge < -0.3 is 5.32 Å². The third kappa shape index (κ3) is 4.49. The molecule has 1 amide bonds. The van der Waals surface area contributed by atoms with Crippen LogP contribution in [-0.2, 0) is 23.0 Å². The maximum atomic E-state index is 13.3. The first-order valence-corrected chi connectivity index (χ1v) is 11.8. The third-order valence-corrected chi connectivity index (χ3v) is 7.77. The zero-order chi connectivity index (χ0) is 22.0. The lowest BCUT2D eigenvalue weighted by Crippen LogP contribution is -2.36. The Hall–Kier alpha value is -2.74. The second-order valence-electron chi connectivity index (χ2n) is 7.48. The predicted octanol–water partition coefficient (Wildman–Crippen LogP) is 3.97. The average molecular weight is 456 g/mol. The van der Waals surface area contributed by atoms with Crippen molar-refractivity contribution in [3.63, 3.8) is 0 Å². The van der Waals surface area contributed by atoms with Crippen molar-refractivity contribution in [2.24, 2.45) is 0 Å². The molecule has 2 aromatic carbocycles. The summed E-state index contributed by atoms with van der Waals surface area (Å²) in [5, 5.41) is 2.97. The standard InChI is InChI=1S/C23H22ClN3O3S/c1-16(19-7-4-11-25-14-19)26-23(28)18-8-9-21(24)22(13-18)31(29,30)27-12-10-17-5-2-3-6-20(17)15-27/h2-9,11,13-14,16H,10,12,15H2,1H3,(H,26,28). The van der Waals surface area contributed by atoms with E-state index in [1.54, 1.807) is 18.5 Å². The van der Waals surface area contributed by atoms with Gasteiger partial charge in [0.2, 0.25) is 10.0 Å². The van der Waals surface area contributed by atoms with Crippen LogP contribution in [0.25, 0.3) is 0 Å². The van der Waals surface area contributed by atoms with Crippen LogP contribution in [0.2, 0.25) is 5.02 Å². The second kappa shape index (κ2) is 8.78. The predicted molar refractivity (Wildman–Crippen MR) is 119 cm³/mol. The Bertz CT molecular complexity index is 1220. The number of nitrogens with zero attached hydrogens (tertiary/aromatic N) is 2. The van der Waals surface area contributed by atoms with Crippen LogP contribution in [0.1, 0.15) is 40.0 Å². The van der Waals surface area contributed by atoms with E-state index in [0.29, 0.717) is 13.0 Å². The highest BCUT2D eigenvalue weighted by atomic mass is 35.5. The summed E-state index contributed by atoms with van der Waals surface area (Å²) in [6.45, 7) is 2.49. The number of rotatable bonds is 5. The zero-order valence-electron chi connectivity index (χ0n) is 17.0. The Morgan fingerprint density at radius 1 is 1.13 bits per heavy atom. The number of carbonyl (C=O) groups excluding carboxylic acids is 1. The van der Waals surface area contributed by atoms with Crippen molar-refractivity contribution in [1.29, 1.82) is 0 Å². The van der Waals surface area contributed by atoms with E-state index in [9.17, 15) is 13.2 Å². The van der Waals surface area contributed by atoms with Crippen LogP contribution in [0, 0.1) is 0 Å². The average Bonchev–Trinajstić information content (AvgIpc) is 2.79. The van der Waals surface area contributed by atoms with Crippen LogP contribution >= 0.6 is 11.6 Å². The van der Waals surface area contributed by atoms with E-state index >= 15 is 0 Å². The van der Waals surface area contributed by atoms with Crippen molar-refractivity contribution in [2.45, 2.75) is 30.8 Å². The number of aromatic nitrogens is 1. The highest BCUT2D eigenvalue weighted by Gasteiger charge is 2.30. The molecule has 1 atom stereocenters. The first-order chi connectivity index (χ1) is 14.9. The normalized spacial score (nSPS) is 15.2. The van der Waals surface area contributed by atoms with Crippen LogP contribution < -0.4 is 5.32 Å². The fourth-order valence-electron chi connectivity index (χ4n) is 3.65. The number of amides is 1. The molecule has 0 aliphatic carbocycles. The molecule has 0 spiro atoms. The van der Waals surface area contributed by atoms with E-state index in [0.717, 1.165) is 16.7 Å². The molecule has 8 heteroatoms. The molecule has 0 saturated heterocycles. The third-order valence-electron chi connectivity index (χ3n) is 5.44. The molecule has 1 aromatic heterocycles. The number of carbonyl (C=O) groups is 1. The van der Waals surface area contributed by atoms with Gasteiger partial charge in [-0.15, -0.1) is 0 Å². The lowest BCUT2D eigenvalue weighted by atomic mass is 10.0. The van der Waals surface area contributed by atoms with Crippen molar-refractivity contribution in [3.05, 3.63) is 94.3 Å². The second-order valence-corrected chi connectivity index (χ2v) is 9.80. The smallest absolute Gasteiger partial charge is 0.251 e. The minimum Gasteiger partial charge on any atom is -0.345 e. The van der Waals surface area contributed by atoms with Gasteiger partial charge in [-0.05, 0) is 54.3 Å². The molecule has 3 aromatic rings. The summed E-state index contributed by atoms with van der Waals surface area (Å²) in [7, 11) is -3.86. The highest BCUT2D eigenvalue weighted by molar-refractivity contribution is 7.89. The Morgan fingerprint density at radius 2 is 1.90 bits per heavy atom. The van der Waals surface area contributed by atoms with Crippen molar-refractivity contribution >= 4 is 27.5 Å². The minimum absolute atomic E-state index is 0.0600. The summed E-state index contributed by atoms with van der Waals surface area (Å²) < 4.78 is 28.1. The zero-order valence-corrected chi connectivity index (χ0v) is 18.5. The lowest BCUT2D eigenvalue weighted by molar-refractivity contribution is 0.0939. The number of hydrogen-bond acceptors (Lipinski definition) is 4. The van der Waals surface area contributed by atoms with Crippen molar-refractivity contribution < 1.29 is 13.2 Å². The number of sulfonamides is 1. The van der Waals surface area contributed by atoms with E-state index in [-0.39, 0.29) is 34.0 Å². The maximum absolute atomic E-state index is 13.3. The molecular formula is C23H22ClN3O3S. The van der Waals surface area contributed by atoms with E-state index < -0.39 is 10.0 Å². The molecular weight excluding hydrogens is 434 g/mol. The summed E-state index contributed by atoms with van der Waals surface area (Å²) in [6, 6.07) is 15.5. The number of hydrogen-bond donors (Lipinski definition) is 1. The van der Waals surface area contributed by atoms with Gasteiger partial charge in [-0.2, -0.15) is 4.31 Å². The molecule has 0 saturated carbocycles. The summed E-state index contributed by atoms with van der Waals surface area (Å²) in [6.07, 6.45) is 3.97. The van der Waals surface area contributed by atoms with Gasteiger partial charge in [-0.25, -0.2) is 8.42 Å². The van der Waals surface area contributed by atoms with Gasteiger partial charge in [-0.1, -0.05) is 41.9 Å². The minimum atomic E-state index is -3.86. The van der Waals surface area contributed by atoms with Crippen LogP contribution in [0.15, 0.2) is 71.9 Å². The molecule has 31 heavy (non-hydrogen) atoms. The van der Waals surface area contributed by atoms with Gasteiger partial charge in [-0.3, -0.25) is 9.78 Å². The van der Waals surface area contributed by atoms with Gasteiger partial charge in [0.1, 0.15) is 4.90 Å². The molecule has 6 nitrogen and oxygen atoms in total. The first kappa shape index (κ1) is 21.5. The van der Waals surface area contributed by atoms with Crippen LogP contribution in [0.3, 0.4) is 0 Å². The van der Waals surface area contributed by atoms with Crippen LogP contribution in [0.4, 0.5) is 0 Å². The molecule has 1 unspecified atom stereocenters. The summed E-state index contributed by atoms with van der Waals surface area (Å²) in [5.74, 6) is -0.381. The Kier molecular flexibility index (Phi) is 6.09. The molecule has 0 fully saturated rings. The quantitative estimate of drug-likeness (QED) is 0.631. The van der Waals surface area contributed by atoms with Crippen molar-refractivity contribution in [3.8, 4) is 0 Å². The lowest BCUT2D eigenvalue weighted by Gasteiger charge is -2.28. The molecule has 1 N–H and O–H groups in total. The molecule has 4 rings (SSSR count). The highest BCUT2D eigenvalue weighted by Crippen LogP contribution is 2.30. The van der Waals surface area contributed by atoms with Gasteiger partial charge in [0, 0.05) is 31.0 Å². The number of pyridine rings is 1. The summed E-state index contributed by atoms with van der Waals surface area (Å²) >= 11 is 6.26. The molecule has 1 aliphatic heterocycles. The number of benzene rings is 2. The molecule has 1 aliphatic rings. The number of halogens is 1. The Balaban J connectivity index is 1.58. The number of nitrogens with one attached hydrogen (secondary N) is 1. The van der Waals surface area contributed by atoms with E-state index in [4.69, 9.17) is 11.6 Å². The molecule has 2 heterocycles. The van der Waals surface area contributed by atoms with Crippen LogP contribution in [-0.4, -0.2) is 30.2 Å². The summed E-state index contributed by atoms with van der Waals surface area (Å²) in [4.78, 5) is 16.8. The largest absolute Gasteiger partial charge is 0.345 e. The number of fused-ring (bicyclic) bond motifs is 1. The fourth-order valence-corrected chi connectivity index (χ4v) is 5.57. The SMILES string of the molecule is CC(NC(=O)c1ccc(Cl)c(S(=O)(=O)N2CCc3ccccc3C2)c1)c1cccnc1. The van der Waals surface area contributed by atoms with Gasteiger partial charge in [0.05, 0.1) is 11.1 Å². The van der Waals surface area contributed by atoms with Crippen molar-refractivity contribution in [1.82, 2.24) is 14.6 Å². The van der Waals surface area contributed by atoms with E-state index in [1.807, 2.05) is 37.3 Å². The van der Waals surface area contributed by atoms with E-state index in [1.165, 1.54) is 22.5 Å². The van der Waals surface area contributed by atoms with Gasteiger partial charge in [0.25, 0.3) is 5.91 Å². The van der Waals surface area contributed by atoms with Crippen molar-refractivity contribution in [2.75, 3.05) is 6.54 Å². The van der Waals surface area contributed by atoms with Crippen LogP contribution in [0.5, 0.6) is 0 Å². The van der Waals surface area contributed by atoms with E-state index in [2.05, 4.69) is 10.3 Å². The molecule has 0 radical (unpaired) electrons. The maximum Gasteiger partial charge on any atom is 0.251 e. The first-order valence-electron chi connectivity index (χ1n) is 9.93. The Labute approximate surface area is 186 Å². The topological polar surface area (TPSA) is 79.4 Å². The molecule has 0 bridgehead atoms.